The van der Waals surface area contributed by atoms with E-state index in [4.69, 9.17) is 19.9 Å². The molecule has 2 N–H and O–H groups in total. The van der Waals surface area contributed by atoms with E-state index < -0.39 is 12.5 Å². The van der Waals surface area contributed by atoms with Gasteiger partial charge in [-0.15, -0.1) is 0 Å². The highest BCUT2D eigenvalue weighted by molar-refractivity contribution is 5.70. The van der Waals surface area contributed by atoms with Crippen molar-refractivity contribution >= 4 is 12.2 Å². The van der Waals surface area contributed by atoms with Crippen LogP contribution in [-0.4, -0.2) is 39.2 Å². The van der Waals surface area contributed by atoms with Crippen LogP contribution >= 0.6 is 0 Å². The molecule has 0 bridgehead atoms. The SMILES string of the molecule is N[C@@H](c1cccc(-c2cc(COc3ccccc3COC=O)cc(N3CCC4(CC3)COC4)c2)c1)C(F)F. The van der Waals surface area contributed by atoms with Gasteiger partial charge >= 0.3 is 0 Å². The number of alkyl halides is 2. The lowest BCUT2D eigenvalue weighted by Gasteiger charge is -2.48. The average molecular weight is 523 g/mol. The summed E-state index contributed by atoms with van der Waals surface area (Å²) in [6.45, 7) is 4.36. The summed E-state index contributed by atoms with van der Waals surface area (Å²) < 4.78 is 43.2. The molecule has 0 unspecified atom stereocenters. The minimum atomic E-state index is -2.64. The van der Waals surface area contributed by atoms with E-state index in [9.17, 15) is 13.6 Å². The van der Waals surface area contributed by atoms with Crippen LogP contribution in [0.3, 0.4) is 0 Å². The smallest absolute Gasteiger partial charge is 0.293 e. The normalized spacial score (nSPS) is 17.2. The largest absolute Gasteiger partial charge is 0.488 e. The molecule has 8 heteroatoms. The van der Waals surface area contributed by atoms with Crippen molar-refractivity contribution in [2.75, 3.05) is 31.2 Å². The molecule has 1 atom stereocenters. The Kier molecular flexibility index (Phi) is 7.90. The van der Waals surface area contributed by atoms with E-state index in [0.29, 0.717) is 29.8 Å². The van der Waals surface area contributed by atoms with Crippen LogP contribution in [0, 0.1) is 5.41 Å². The zero-order chi connectivity index (χ0) is 26.5. The van der Waals surface area contributed by atoms with Crippen molar-refractivity contribution in [1.29, 1.82) is 0 Å². The standard InChI is InChI=1S/C30H32F2N2O4/c31-29(32)28(33)23-6-3-5-22(14-23)25-12-21(16-38-27-7-2-1-4-24(27)17-36-20-35)13-26(15-25)34-10-8-30(9-11-34)18-37-19-30/h1-7,12-15,20,28-29H,8-11,16-19,33H2/t28-/m0/s1. The van der Waals surface area contributed by atoms with Crippen LogP contribution in [0.5, 0.6) is 5.75 Å². The third-order valence-electron chi connectivity index (χ3n) is 7.53. The number of nitrogens with two attached hydrogens (primary N) is 1. The molecule has 2 aliphatic heterocycles. The fourth-order valence-corrected chi connectivity index (χ4v) is 5.15. The molecule has 6 nitrogen and oxygen atoms in total. The highest BCUT2D eigenvalue weighted by atomic mass is 19.3. The Morgan fingerprint density at radius 1 is 0.974 bits per heavy atom. The topological polar surface area (TPSA) is 74.0 Å². The summed E-state index contributed by atoms with van der Waals surface area (Å²) in [5.41, 5.74) is 11.0. The van der Waals surface area contributed by atoms with Crippen molar-refractivity contribution in [1.82, 2.24) is 0 Å². The van der Waals surface area contributed by atoms with Crippen molar-refractivity contribution < 1.29 is 27.8 Å². The Balaban J connectivity index is 1.43. The van der Waals surface area contributed by atoms with Crippen LogP contribution in [-0.2, 0) is 27.5 Å². The van der Waals surface area contributed by atoms with Gasteiger partial charge in [0.2, 0.25) is 0 Å². The first-order valence-electron chi connectivity index (χ1n) is 12.8. The van der Waals surface area contributed by atoms with Crippen LogP contribution in [0.25, 0.3) is 11.1 Å². The van der Waals surface area contributed by atoms with Crippen molar-refractivity contribution in [3.8, 4) is 16.9 Å². The summed E-state index contributed by atoms with van der Waals surface area (Å²) in [4.78, 5) is 13.0. The van der Waals surface area contributed by atoms with E-state index in [-0.39, 0.29) is 6.61 Å². The summed E-state index contributed by atoms with van der Waals surface area (Å²) >= 11 is 0. The second kappa shape index (κ2) is 11.5. The van der Waals surface area contributed by atoms with Gasteiger partial charge in [-0.2, -0.15) is 0 Å². The maximum Gasteiger partial charge on any atom is 0.293 e. The number of carbonyl (C=O) groups is 1. The fraction of sp³-hybridized carbons (Fsp3) is 0.367. The highest BCUT2D eigenvalue weighted by Gasteiger charge is 2.41. The fourth-order valence-electron chi connectivity index (χ4n) is 5.15. The molecule has 2 saturated heterocycles. The number of carbonyl (C=O) groups excluding carboxylic acids is 1. The van der Waals surface area contributed by atoms with Crippen LogP contribution in [0.4, 0.5) is 14.5 Å². The predicted octanol–water partition coefficient (Wildman–Crippen LogP) is 5.49. The van der Waals surface area contributed by atoms with Gasteiger partial charge in [-0.25, -0.2) is 8.78 Å². The number of anilines is 1. The van der Waals surface area contributed by atoms with E-state index in [2.05, 4.69) is 17.0 Å². The average Bonchev–Trinajstić information content (AvgIpc) is 2.94. The van der Waals surface area contributed by atoms with Crippen LogP contribution in [0.15, 0.2) is 66.7 Å². The molecule has 0 amide bonds. The van der Waals surface area contributed by atoms with Gasteiger partial charge in [-0.3, -0.25) is 4.79 Å². The summed E-state index contributed by atoms with van der Waals surface area (Å²) in [6.07, 6.45) is -0.488. The van der Waals surface area contributed by atoms with Crippen molar-refractivity contribution in [2.24, 2.45) is 11.1 Å². The molecule has 38 heavy (non-hydrogen) atoms. The lowest BCUT2D eigenvalue weighted by Crippen LogP contribution is -2.50. The maximum atomic E-state index is 13.3. The van der Waals surface area contributed by atoms with Crippen molar-refractivity contribution in [2.45, 2.75) is 38.5 Å². The summed E-state index contributed by atoms with van der Waals surface area (Å²) in [5, 5.41) is 0. The van der Waals surface area contributed by atoms with Gasteiger partial charge in [0.05, 0.1) is 19.3 Å². The number of hydrogen-bond acceptors (Lipinski definition) is 6. The second-order valence-electron chi connectivity index (χ2n) is 10.2. The summed E-state index contributed by atoms with van der Waals surface area (Å²) in [5.74, 6) is 0.635. The summed E-state index contributed by atoms with van der Waals surface area (Å²) in [7, 11) is 0. The van der Waals surface area contributed by atoms with Gasteiger partial charge in [0.25, 0.3) is 12.9 Å². The Morgan fingerprint density at radius 2 is 1.76 bits per heavy atom. The van der Waals surface area contributed by atoms with Crippen LogP contribution in [0.2, 0.25) is 0 Å². The van der Waals surface area contributed by atoms with Crippen molar-refractivity contribution in [3.63, 3.8) is 0 Å². The zero-order valence-corrected chi connectivity index (χ0v) is 21.2. The molecule has 0 aromatic heterocycles. The van der Waals surface area contributed by atoms with Crippen LogP contribution < -0.4 is 15.4 Å². The number of ether oxygens (including phenoxy) is 3. The molecule has 2 fully saturated rings. The monoisotopic (exact) mass is 522 g/mol. The Morgan fingerprint density at radius 3 is 2.47 bits per heavy atom. The summed E-state index contributed by atoms with van der Waals surface area (Å²) in [6, 6.07) is 19.4. The van der Waals surface area contributed by atoms with Gasteiger partial charge < -0.3 is 24.8 Å². The Labute approximate surface area is 221 Å². The molecule has 0 radical (unpaired) electrons. The van der Waals surface area contributed by atoms with E-state index >= 15 is 0 Å². The minimum Gasteiger partial charge on any atom is -0.488 e. The van der Waals surface area contributed by atoms with E-state index in [0.717, 1.165) is 67.1 Å². The molecule has 2 aliphatic rings. The maximum absolute atomic E-state index is 13.3. The third kappa shape index (κ3) is 5.81. The molecule has 3 aromatic carbocycles. The first kappa shape index (κ1) is 26.1. The quantitative estimate of drug-likeness (QED) is 0.355. The molecule has 5 rings (SSSR count). The minimum absolute atomic E-state index is 0.126. The molecule has 1 spiro atoms. The number of nitrogens with zero attached hydrogens (tertiary/aromatic N) is 1. The van der Waals surface area contributed by atoms with Crippen LogP contribution in [0.1, 0.15) is 35.6 Å². The number of rotatable bonds is 10. The lowest BCUT2D eigenvalue weighted by molar-refractivity contribution is -0.129. The number of para-hydroxylation sites is 1. The number of halogens is 2. The highest BCUT2D eigenvalue weighted by Crippen LogP contribution is 2.40. The molecular formula is C30H32F2N2O4. The number of piperidine rings is 1. The van der Waals surface area contributed by atoms with Gasteiger partial charge in [-0.1, -0.05) is 36.4 Å². The molecular weight excluding hydrogens is 490 g/mol. The molecule has 0 aliphatic carbocycles. The second-order valence-corrected chi connectivity index (χ2v) is 10.2. The first-order chi connectivity index (χ1) is 18.5. The zero-order valence-electron chi connectivity index (χ0n) is 21.2. The van der Waals surface area contributed by atoms with Gasteiger partial charge in [0, 0.05) is 29.8 Å². The molecule has 0 saturated carbocycles. The Bertz CT molecular complexity index is 1250. The van der Waals surface area contributed by atoms with E-state index in [1.54, 1.807) is 18.2 Å². The number of hydrogen-bond donors (Lipinski definition) is 1. The molecule has 2 heterocycles. The third-order valence-corrected chi connectivity index (χ3v) is 7.53. The first-order valence-corrected chi connectivity index (χ1v) is 12.8. The van der Waals surface area contributed by atoms with Crippen molar-refractivity contribution in [3.05, 3.63) is 83.4 Å². The molecule has 3 aromatic rings. The van der Waals surface area contributed by atoms with Gasteiger partial charge in [0.1, 0.15) is 19.0 Å². The lowest BCUT2D eigenvalue weighted by atomic mass is 9.76. The van der Waals surface area contributed by atoms with E-state index in [1.807, 2.05) is 36.4 Å². The van der Waals surface area contributed by atoms with Gasteiger partial charge in [0.15, 0.2) is 0 Å². The van der Waals surface area contributed by atoms with Gasteiger partial charge in [-0.05, 0) is 65.4 Å². The predicted molar refractivity (Wildman–Crippen MR) is 141 cm³/mol. The van der Waals surface area contributed by atoms with E-state index in [1.165, 1.54) is 0 Å². The Hall–Kier alpha value is -3.49. The number of benzene rings is 3. The molecule has 200 valence electrons.